The lowest BCUT2D eigenvalue weighted by Gasteiger charge is -2.14. The summed E-state index contributed by atoms with van der Waals surface area (Å²) in [5, 5.41) is 21.0. The smallest absolute Gasteiger partial charge is 0.0641 e. The molecule has 6 heterocycles. The Bertz CT molecular complexity index is 8810. The topological polar surface area (TPSA) is 24.1 Å². The van der Waals surface area contributed by atoms with Gasteiger partial charge in [0.15, 0.2) is 0 Å². The molecule has 20 aromatic carbocycles. The number of aromatic nitrogens is 5. The van der Waals surface area contributed by atoms with Crippen LogP contribution >= 0.6 is 0 Å². The quantitative estimate of drug-likeness (QED) is 0.152. The van der Waals surface area contributed by atoms with Gasteiger partial charge in [0.1, 0.15) is 0 Å². The van der Waals surface area contributed by atoms with Crippen molar-refractivity contribution in [2.75, 3.05) is 0 Å². The summed E-state index contributed by atoms with van der Waals surface area (Å²) in [4.78, 5) is 0. The molecular formula is C116H71N5. The van der Waals surface area contributed by atoms with E-state index in [9.17, 15) is 0 Å². The van der Waals surface area contributed by atoms with Gasteiger partial charge >= 0.3 is 0 Å². The zero-order chi connectivity index (χ0) is 79.1. The fourth-order valence-corrected chi connectivity index (χ4v) is 21.2. The molecule has 0 N–H and O–H groups in total. The molecule has 28 rings (SSSR count). The summed E-state index contributed by atoms with van der Waals surface area (Å²) in [7, 11) is 0. The highest BCUT2D eigenvalue weighted by atomic mass is 15.0. The summed E-state index contributed by atoms with van der Waals surface area (Å²) in [6, 6.07) is 158. The van der Waals surface area contributed by atoms with Crippen LogP contribution in [-0.4, -0.2) is 22.7 Å². The van der Waals surface area contributed by atoms with Gasteiger partial charge in [0, 0.05) is 82.0 Å². The second kappa shape index (κ2) is 26.2. The molecule has 0 bridgehead atoms. The summed E-state index contributed by atoms with van der Waals surface area (Å²) < 4.78 is 12.3. The van der Waals surface area contributed by atoms with Crippen molar-refractivity contribution < 1.29 is 0 Å². The molecule has 0 aliphatic heterocycles. The Morgan fingerprint density at radius 2 is 0.446 bits per heavy atom. The van der Waals surface area contributed by atoms with E-state index in [0.29, 0.717) is 0 Å². The van der Waals surface area contributed by atoms with Crippen LogP contribution in [0.4, 0.5) is 0 Å². The average molecular weight is 1530 g/mol. The largest absolute Gasteiger partial charge is 0.309 e. The van der Waals surface area contributed by atoms with Crippen LogP contribution in [-0.2, 0) is 0 Å². The lowest BCUT2D eigenvalue weighted by Crippen LogP contribution is -1.95. The van der Waals surface area contributed by atoms with E-state index in [4.69, 9.17) is 0 Å². The first-order valence-electron chi connectivity index (χ1n) is 41.9. The van der Waals surface area contributed by atoms with Crippen LogP contribution in [0.25, 0.3) is 248 Å². The van der Waals surface area contributed by atoms with Gasteiger partial charge in [-0.2, -0.15) is 0 Å². The maximum Gasteiger partial charge on any atom is 0.0641 e. The van der Waals surface area contributed by atoms with Gasteiger partial charge in [-0.15, -0.1) is 0 Å². The van der Waals surface area contributed by atoms with Gasteiger partial charge in [-0.05, 0) is 214 Å². The molecule has 0 atom stereocenters. The van der Waals surface area contributed by atoms with Gasteiger partial charge < -0.3 is 22.7 Å². The van der Waals surface area contributed by atoms with Crippen LogP contribution in [0.1, 0.15) is 0 Å². The number of para-hydroxylation sites is 4. The maximum atomic E-state index is 2.50. The zero-order valence-electron chi connectivity index (χ0n) is 65.7. The summed E-state index contributed by atoms with van der Waals surface area (Å²) in [5.74, 6) is 0. The average Bonchev–Trinajstić information content (AvgIpc) is 1.51. The molecule has 5 nitrogen and oxygen atoms in total. The van der Waals surface area contributed by atoms with Crippen molar-refractivity contribution in [3.8, 4) is 101 Å². The van der Waals surface area contributed by atoms with Crippen molar-refractivity contribution in [1.29, 1.82) is 0 Å². The fourth-order valence-electron chi connectivity index (χ4n) is 21.2. The summed E-state index contributed by atoms with van der Waals surface area (Å²) in [6.07, 6.45) is 0. The van der Waals surface area contributed by atoms with E-state index < -0.39 is 0 Å². The SMILES string of the molecule is c1ccc(-c2ccc(-n3c4cccc5c4c4c6c(cccc6ccc43)-c3ccccc3-5)cc2)cc1.c1ccc(-c2cccc(-n3c4cccc5c4c4c6c(cccc6ccc43)-c3ccccc3-5)c2)cc1.c1ccc(-n2c3ccccc3c3ccc(-c4cccc(-n5c6cccc7c8ccccc8n8c9ccccc9c9ccc5c(c76)c98)c4)cc32)cc1. The van der Waals surface area contributed by atoms with E-state index in [2.05, 4.69) is 453 Å². The van der Waals surface area contributed by atoms with E-state index in [-0.39, 0.29) is 0 Å². The van der Waals surface area contributed by atoms with Gasteiger partial charge in [-0.25, -0.2) is 0 Å². The first kappa shape index (κ1) is 67.1. The molecular weight excluding hydrogens is 1460 g/mol. The number of fused-ring (bicyclic) bond motifs is 15. The number of hydrogen-bond acceptors (Lipinski definition) is 0. The minimum Gasteiger partial charge on any atom is -0.309 e. The number of hydrogen-bond donors (Lipinski definition) is 0. The predicted molar refractivity (Wildman–Crippen MR) is 512 cm³/mol. The van der Waals surface area contributed by atoms with E-state index >= 15 is 0 Å². The van der Waals surface area contributed by atoms with Gasteiger partial charge in [-0.3, -0.25) is 0 Å². The maximum absolute atomic E-state index is 2.50. The zero-order valence-corrected chi connectivity index (χ0v) is 65.7. The minimum atomic E-state index is 1.16. The molecule has 0 saturated carbocycles. The second-order valence-electron chi connectivity index (χ2n) is 32.4. The van der Waals surface area contributed by atoms with E-state index in [1.54, 1.807) is 0 Å². The molecule has 0 unspecified atom stereocenters. The lowest BCUT2D eigenvalue weighted by molar-refractivity contribution is 1.18. The molecule has 5 heteroatoms. The van der Waals surface area contributed by atoms with Crippen LogP contribution < -0.4 is 0 Å². The Balaban J connectivity index is 0.000000101. The van der Waals surface area contributed by atoms with Crippen molar-refractivity contribution in [2.24, 2.45) is 0 Å². The molecule has 0 saturated heterocycles. The van der Waals surface area contributed by atoms with E-state index in [1.807, 2.05) is 0 Å². The Morgan fingerprint density at radius 1 is 0.132 bits per heavy atom. The molecule has 0 spiro atoms. The van der Waals surface area contributed by atoms with Crippen molar-refractivity contribution in [3.63, 3.8) is 0 Å². The van der Waals surface area contributed by atoms with E-state index in [0.717, 1.165) is 5.69 Å². The minimum absolute atomic E-state index is 1.16. The molecule has 0 fully saturated rings. The van der Waals surface area contributed by atoms with Crippen LogP contribution in [0.5, 0.6) is 0 Å². The molecule has 2 aliphatic rings. The summed E-state index contributed by atoms with van der Waals surface area (Å²) >= 11 is 0. The Morgan fingerprint density at radius 3 is 1.01 bits per heavy atom. The van der Waals surface area contributed by atoms with Gasteiger partial charge in [0.2, 0.25) is 0 Å². The third kappa shape index (κ3) is 9.86. The highest BCUT2D eigenvalue weighted by Crippen LogP contribution is 2.53. The first-order chi connectivity index (χ1) is 60.1. The first-order valence-corrected chi connectivity index (χ1v) is 41.9. The highest BCUT2D eigenvalue weighted by molar-refractivity contribution is 6.35. The van der Waals surface area contributed by atoms with Crippen LogP contribution in [0.3, 0.4) is 0 Å². The highest BCUT2D eigenvalue weighted by Gasteiger charge is 2.29. The van der Waals surface area contributed by atoms with Crippen molar-refractivity contribution in [2.45, 2.75) is 0 Å². The van der Waals surface area contributed by atoms with Crippen LogP contribution in [0, 0.1) is 0 Å². The van der Waals surface area contributed by atoms with Gasteiger partial charge in [0.05, 0.1) is 60.7 Å². The monoisotopic (exact) mass is 1530 g/mol. The van der Waals surface area contributed by atoms with Crippen molar-refractivity contribution in [1.82, 2.24) is 22.7 Å². The third-order valence-corrected chi connectivity index (χ3v) is 26.2. The number of benzene rings is 20. The number of rotatable bonds is 7. The number of nitrogens with zero attached hydrogens (tertiary/aromatic N) is 5. The third-order valence-electron chi connectivity index (χ3n) is 26.2. The van der Waals surface area contributed by atoms with Crippen LogP contribution in [0.2, 0.25) is 0 Å². The molecule has 560 valence electrons. The van der Waals surface area contributed by atoms with Crippen molar-refractivity contribution in [3.05, 3.63) is 431 Å². The Hall–Kier alpha value is -16.1. The normalized spacial score (nSPS) is 12.1. The molecule has 6 aromatic heterocycles. The van der Waals surface area contributed by atoms with Gasteiger partial charge in [-0.1, -0.05) is 322 Å². The van der Waals surface area contributed by atoms with Crippen molar-refractivity contribution >= 4 is 147 Å². The predicted octanol–water partition coefficient (Wildman–Crippen LogP) is 31.2. The second-order valence-corrected chi connectivity index (χ2v) is 32.4. The standard InChI is InChI=1S/C48H29N3.2C34H21N/c1-2-13-32(14-3-1)49-40-20-7-4-16-34(40)37-25-24-31(29-45(37)49)30-12-10-15-33(28-30)50-43-23-11-19-38-35-17-5-8-21-41(35)51-42-22-9-6-18-36(42)39-26-27-44(50)47(46(38)43)48(39)51;1-2-9-22(10-3-1)24-12-6-13-25(21-24)35-30-18-8-17-29-27-15-5-4-14-26(27)28-16-7-11-23-19-20-31(35)34(32(23)28)33(29)30;1-2-8-22(9-3-1)23-16-19-25(20-17-23)35-30-15-7-14-29-27-12-5-4-11-26(27)28-13-6-10-24-18-21-31(35)34(32(24)28)33(29)30/h1-29H;2*1-21H. The molecule has 0 amide bonds. The summed E-state index contributed by atoms with van der Waals surface area (Å²) in [5.41, 5.74) is 36.2. The summed E-state index contributed by atoms with van der Waals surface area (Å²) in [6.45, 7) is 0. The Labute approximate surface area is 696 Å². The lowest BCUT2D eigenvalue weighted by atomic mass is 9.93. The molecule has 26 aromatic rings. The molecule has 121 heavy (non-hydrogen) atoms. The van der Waals surface area contributed by atoms with Gasteiger partial charge in [0.25, 0.3) is 0 Å². The van der Waals surface area contributed by atoms with Crippen LogP contribution in [0.15, 0.2) is 431 Å². The van der Waals surface area contributed by atoms with E-state index in [1.165, 1.54) is 242 Å². The fraction of sp³-hybridized carbons (Fsp3) is 0. The molecule has 2 aliphatic carbocycles. The Kier molecular flexibility index (Phi) is 14.5. The molecule has 0 radical (unpaired) electrons.